The van der Waals surface area contributed by atoms with Crippen molar-refractivity contribution in [2.75, 3.05) is 6.54 Å². The molecule has 0 amide bonds. The highest BCUT2D eigenvalue weighted by Crippen LogP contribution is 2.17. The first-order valence-corrected chi connectivity index (χ1v) is 6.81. The van der Waals surface area contributed by atoms with E-state index in [0.717, 1.165) is 0 Å². The van der Waals surface area contributed by atoms with Crippen LogP contribution in [0.5, 0.6) is 0 Å². The molecule has 1 N–H and O–H groups in total. The number of nitrogens with zero attached hydrogens (tertiary/aromatic N) is 3. The van der Waals surface area contributed by atoms with Crippen LogP contribution in [0.3, 0.4) is 0 Å². The van der Waals surface area contributed by atoms with Crippen molar-refractivity contribution in [2.24, 2.45) is 0 Å². The molecule has 9 heteroatoms. The first kappa shape index (κ1) is 12.9. The van der Waals surface area contributed by atoms with Gasteiger partial charge in [0.15, 0.2) is 6.33 Å². The second-order valence-electron chi connectivity index (χ2n) is 3.28. The van der Waals surface area contributed by atoms with E-state index in [9.17, 15) is 8.42 Å². The first-order valence-electron chi connectivity index (χ1n) is 4.95. The number of hydrogen-bond donors (Lipinski definition) is 1. The zero-order valence-corrected chi connectivity index (χ0v) is 10.6. The molecule has 18 heavy (non-hydrogen) atoms. The third-order valence-corrected chi connectivity index (χ3v) is 3.96. The third kappa shape index (κ3) is 3.03. The number of sulfonamides is 1. The Morgan fingerprint density at radius 1 is 1.39 bits per heavy atom. The summed E-state index contributed by atoms with van der Waals surface area (Å²) in [5.74, 6) is 0.356. The zero-order valence-electron chi connectivity index (χ0n) is 9.08. The Kier molecular flexibility index (Phi) is 3.90. The van der Waals surface area contributed by atoms with Crippen molar-refractivity contribution >= 4 is 21.6 Å². The van der Waals surface area contributed by atoms with Crippen molar-refractivity contribution in [2.45, 2.75) is 11.3 Å². The van der Waals surface area contributed by atoms with E-state index in [1.807, 2.05) is 0 Å². The lowest BCUT2D eigenvalue weighted by Crippen LogP contribution is -2.26. The minimum atomic E-state index is -3.68. The van der Waals surface area contributed by atoms with E-state index in [1.165, 1.54) is 24.7 Å². The molecule has 7 nitrogen and oxygen atoms in total. The summed E-state index contributed by atoms with van der Waals surface area (Å²) in [6.45, 7) is 0.135. The average Bonchev–Trinajstić information content (AvgIpc) is 2.82. The number of hydrogen-bond acceptors (Lipinski definition) is 6. The fourth-order valence-electron chi connectivity index (χ4n) is 1.25. The van der Waals surface area contributed by atoms with Crippen molar-refractivity contribution in [3.63, 3.8) is 0 Å². The number of pyridine rings is 1. The van der Waals surface area contributed by atoms with Gasteiger partial charge in [-0.05, 0) is 12.1 Å². The molecule has 96 valence electrons. The molecule has 2 rings (SSSR count). The van der Waals surface area contributed by atoms with Crippen LogP contribution in [-0.4, -0.2) is 30.1 Å². The van der Waals surface area contributed by atoms with Crippen molar-refractivity contribution in [3.05, 3.63) is 35.7 Å². The van der Waals surface area contributed by atoms with Crippen LogP contribution in [0, 0.1) is 0 Å². The summed E-state index contributed by atoms with van der Waals surface area (Å²) in [5.41, 5.74) is 0. The SMILES string of the molecule is O=S(=O)(NCCc1ncno1)c1cccnc1Cl. The van der Waals surface area contributed by atoms with Gasteiger partial charge in [0, 0.05) is 19.2 Å². The van der Waals surface area contributed by atoms with Crippen LogP contribution in [0.15, 0.2) is 34.1 Å². The molecule has 0 radical (unpaired) electrons. The van der Waals surface area contributed by atoms with Crippen LogP contribution in [0.1, 0.15) is 5.89 Å². The molecule has 0 saturated carbocycles. The summed E-state index contributed by atoms with van der Waals surface area (Å²) in [4.78, 5) is 7.43. The largest absolute Gasteiger partial charge is 0.340 e. The van der Waals surface area contributed by atoms with Gasteiger partial charge in [-0.2, -0.15) is 4.98 Å². The molecule has 0 atom stereocenters. The Morgan fingerprint density at radius 2 is 2.22 bits per heavy atom. The second kappa shape index (κ2) is 5.42. The molecule has 0 bridgehead atoms. The summed E-state index contributed by atoms with van der Waals surface area (Å²) in [5, 5.41) is 3.35. The molecule has 0 aliphatic carbocycles. The van der Waals surface area contributed by atoms with E-state index in [-0.39, 0.29) is 16.6 Å². The van der Waals surface area contributed by atoms with E-state index < -0.39 is 10.0 Å². The minimum absolute atomic E-state index is 0.0582. The monoisotopic (exact) mass is 288 g/mol. The van der Waals surface area contributed by atoms with Crippen LogP contribution >= 0.6 is 11.6 Å². The fourth-order valence-corrected chi connectivity index (χ4v) is 2.73. The van der Waals surface area contributed by atoms with Crippen LogP contribution in [-0.2, 0) is 16.4 Å². The molecule has 0 aromatic carbocycles. The molecule has 0 fully saturated rings. The van der Waals surface area contributed by atoms with Gasteiger partial charge < -0.3 is 4.52 Å². The molecule has 0 aliphatic heterocycles. The van der Waals surface area contributed by atoms with Crippen LogP contribution in [0.25, 0.3) is 0 Å². The van der Waals surface area contributed by atoms with Gasteiger partial charge >= 0.3 is 0 Å². The van der Waals surface area contributed by atoms with Gasteiger partial charge in [-0.1, -0.05) is 16.8 Å². The standard InChI is InChI=1S/C9H9ClN4O3S/c10-9-7(2-1-4-11-9)18(15,16)14-5-3-8-12-6-13-17-8/h1-2,4,6,14H,3,5H2. The summed E-state index contributed by atoms with van der Waals surface area (Å²) in [7, 11) is -3.68. The fraction of sp³-hybridized carbons (Fsp3) is 0.222. The van der Waals surface area contributed by atoms with Gasteiger partial charge in [0.25, 0.3) is 0 Å². The maximum absolute atomic E-state index is 11.9. The maximum Gasteiger partial charge on any atom is 0.243 e. The first-order chi connectivity index (χ1) is 8.59. The Labute approximate surface area is 108 Å². The molecule has 2 heterocycles. The Bertz CT molecular complexity index is 615. The van der Waals surface area contributed by atoms with Gasteiger partial charge in [0.2, 0.25) is 15.9 Å². The van der Waals surface area contributed by atoms with Crippen molar-refractivity contribution in [1.82, 2.24) is 19.8 Å². The van der Waals surface area contributed by atoms with Gasteiger partial charge in [0.1, 0.15) is 10.0 Å². The molecule has 0 aliphatic rings. The molecule has 0 spiro atoms. The van der Waals surface area contributed by atoms with Crippen molar-refractivity contribution < 1.29 is 12.9 Å². The lowest BCUT2D eigenvalue weighted by molar-refractivity contribution is 0.377. The molecular formula is C9H9ClN4O3S. The van der Waals surface area contributed by atoms with Crippen LogP contribution in [0.4, 0.5) is 0 Å². The number of halogens is 1. The van der Waals surface area contributed by atoms with Gasteiger partial charge in [-0.3, -0.25) is 0 Å². The third-order valence-electron chi connectivity index (χ3n) is 2.05. The van der Waals surface area contributed by atoms with Gasteiger partial charge in [-0.25, -0.2) is 18.1 Å². The molecule has 0 unspecified atom stereocenters. The van der Waals surface area contributed by atoms with E-state index in [1.54, 1.807) is 0 Å². The highest BCUT2D eigenvalue weighted by molar-refractivity contribution is 7.89. The van der Waals surface area contributed by atoms with Crippen molar-refractivity contribution in [3.8, 4) is 0 Å². The highest BCUT2D eigenvalue weighted by Gasteiger charge is 2.17. The van der Waals surface area contributed by atoms with E-state index in [0.29, 0.717) is 12.3 Å². The second-order valence-corrected chi connectivity index (χ2v) is 5.37. The Morgan fingerprint density at radius 3 is 2.89 bits per heavy atom. The lowest BCUT2D eigenvalue weighted by Gasteiger charge is -2.06. The van der Waals surface area contributed by atoms with Gasteiger partial charge in [-0.15, -0.1) is 0 Å². The summed E-state index contributed by atoms with van der Waals surface area (Å²) in [6, 6.07) is 2.88. The van der Waals surface area contributed by atoms with Crippen LogP contribution in [0.2, 0.25) is 5.15 Å². The highest BCUT2D eigenvalue weighted by atomic mass is 35.5. The lowest BCUT2D eigenvalue weighted by atomic mass is 10.4. The van der Waals surface area contributed by atoms with E-state index in [2.05, 4.69) is 19.8 Å². The summed E-state index contributed by atoms with van der Waals surface area (Å²) in [6.07, 6.45) is 2.97. The Balaban J connectivity index is 2.02. The molecular weight excluding hydrogens is 280 g/mol. The van der Waals surface area contributed by atoms with Crippen molar-refractivity contribution in [1.29, 1.82) is 0 Å². The summed E-state index contributed by atoms with van der Waals surface area (Å²) >= 11 is 5.72. The predicted octanol–water partition coefficient (Wildman–Crippen LogP) is 0.639. The minimum Gasteiger partial charge on any atom is -0.340 e. The Hall–Kier alpha value is -1.51. The summed E-state index contributed by atoms with van der Waals surface area (Å²) < 4.78 is 30.9. The average molecular weight is 289 g/mol. The number of rotatable bonds is 5. The topological polar surface area (TPSA) is 98.0 Å². The molecule has 2 aromatic rings. The quantitative estimate of drug-likeness (QED) is 0.811. The smallest absolute Gasteiger partial charge is 0.243 e. The maximum atomic E-state index is 11.9. The predicted molar refractivity (Wildman–Crippen MR) is 62.4 cm³/mol. The van der Waals surface area contributed by atoms with Gasteiger partial charge in [0.05, 0.1) is 0 Å². The normalized spacial score (nSPS) is 11.6. The van der Waals surface area contributed by atoms with Crippen LogP contribution < -0.4 is 4.72 Å². The van der Waals surface area contributed by atoms with E-state index >= 15 is 0 Å². The molecule has 2 aromatic heterocycles. The van der Waals surface area contributed by atoms with E-state index in [4.69, 9.17) is 16.1 Å². The molecule has 0 saturated heterocycles. The number of nitrogens with one attached hydrogen (secondary N) is 1. The number of aromatic nitrogens is 3. The zero-order chi connectivity index (χ0) is 13.0.